The highest BCUT2D eigenvalue weighted by Gasteiger charge is 2.31. The second kappa shape index (κ2) is 6.59. The predicted octanol–water partition coefficient (Wildman–Crippen LogP) is 1.66. The molecule has 0 aromatic heterocycles. The van der Waals surface area contributed by atoms with Gasteiger partial charge in [-0.1, -0.05) is 6.92 Å². The van der Waals surface area contributed by atoms with Crippen LogP contribution >= 0.6 is 11.8 Å². The van der Waals surface area contributed by atoms with Crippen LogP contribution in [0.4, 0.5) is 0 Å². The molecule has 2 aliphatic rings. The minimum atomic E-state index is 0.0262. The van der Waals surface area contributed by atoms with Crippen LogP contribution in [0, 0.1) is 0 Å². The fourth-order valence-electron chi connectivity index (χ4n) is 2.14. The molecule has 0 amide bonds. The number of carbonyl (C=O) groups is 1. The Bertz CT molecular complexity index is 337. The van der Waals surface area contributed by atoms with Crippen molar-refractivity contribution in [1.29, 1.82) is 0 Å². The molecule has 2 heterocycles. The van der Waals surface area contributed by atoms with Crippen molar-refractivity contribution < 1.29 is 14.3 Å². The van der Waals surface area contributed by atoms with Gasteiger partial charge in [-0.15, -0.1) is 11.8 Å². The average Bonchev–Trinajstić information content (AvgIpc) is 2.67. The first-order chi connectivity index (χ1) is 8.72. The fourth-order valence-corrected chi connectivity index (χ4v) is 3.21. The molecule has 0 bridgehead atoms. The third-order valence-corrected chi connectivity index (χ3v) is 4.57. The van der Waals surface area contributed by atoms with E-state index in [1.807, 2.05) is 6.92 Å². The third kappa shape index (κ3) is 3.28. The molecular weight excluding hydrogens is 250 g/mol. The minimum absolute atomic E-state index is 0.0262. The van der Waals surface area contributed by atoms with Crippen molar-refractivity contribution in [3.63, 3.8) is 0 Å². The summed E-state index contributed by atoms with van der Waals surface area (Å²) in [5, 5.41) is 0.0262. The molecule has 2 rings (SSSR count). The Balaban J connectivity index is 1.79. The molecule has 2 aliphatic heterocycles. The van der Waals surface area contributed by atoms with Crippen LogP contribution in [-0.4, -0.2) is 55.4 Å². The van der Waals surface area contributed by atoms with Crippen molar-refractivity contribution in [3.8, 4) is 0 Å². The van der Waals surface area contributed by atoms with Gasteiger partial charge in [-0.25, -0.2) is 0 Å². The van der Waals surface area contributed by atoms with Gasteiger partial charge in [0.2, 0.25) is 5.78 Å². The third-order valence-electron chi connectivity index (χ3n) is 3.24. The number of hydrogen-bond acceptors (Lipinski definition) is 5. The Hall–Kier alpha value is -0.520. The maximum Gasteiger partial charge on any atom is 0.211 e. The van der Waals surface area contributed by atoms with Gasteiger partial charge in [0.25, 0.3) is 0 Å². The summed E-state index contributed by atoms with van der Waals surface area (Å²) in [6, 6.07) is 0. The number of morpholine rings is 1. The van der Waals surface area contributed by atoms with Gasteiger partial charge < -0.3 is 9.47 Å². The summed E-state index contributed by atoms with van der Waals surface area (Å²) >= 11 is 1.64. The van der Waals surface area contributed by atoms with Gasteiger partial charge >= 0.3 is 0 Å². The van der Waals surface area contributed by atoms with Crippen LogP contribution in [-0.2, 0) is 14.3 Å². The molecule has 0 aliphatic carbocycles. The standard InChI is InChI=1S/C13H21NO3S/c1-3-11-13(12(15)10(2)18-11)17-9-6-14-4-7-16-8-5-14/h10H,3-9H2,1-2H3. The van der Waals surface area contributed by atoms with Crippen LogP contribution in [0.15, 0.2) is 10.7 Å². The molecular formula is C13H21NO3S. The zero-order chi connectivity index (χ0) is 13.0. The van der Waals surface area contributed by atoms with E-state index in [-0.39, 0.29) is 11.0 Å². The summed E-state index contributed by atoms with van der Waals surface area (Å²) in [5.74, 6) is 0.766. The number of thioether (sulfide) groups is 1. The molecule has 0 saturated carbocycles. The second-order valence-corrected chi connectivity index (χ2v) is 5.97. The van der Waals surface area contributed by atoms with Gasteiger partial charge in [0, 0.05) is 24.5 Å². The van der Waals surface area contributed by atoms with E-state index in [9.17, 15) is 4.79 Å². The predicted molar refractivity (Wildman–Crippen MR) is 72.6 cm³/mol. The van der Waals surface area contributed by atoms with Crippen molar-refractivity contribution in [2.75, 3.05) is 39.5 Å². The zero-order valence-corrected chi connectivity index (χ0v) is 11.9. The van der Waals surface area contributed by atoms with E-state index in [2.05, 4.69) is 11.8 Å². The number of ether oxygens (including phenoxy) is 2. The van der Waals surface area contributed by atoms with Crippen molar-refractivity contribution in [2.24, 2.45) is 0 Å². The lowest BCUT2D eigenvalue weighted by atomic mass is 10.2. The highest BCUT2D eigenvalue weighted by atomic mass is 32.2. The molecule has 5 heteroatoms. The zero-order valence-electron chi connectivity index (χ0n) is 11.1. The maximum atomic E-state index is 11.9. The van der Waals surface area contributed by atoms with Crippen LogP contribution in [0.1, 0.15) is 20.3 Å². The highest BCUT2D eigenvalue weighted by molar-refractivity contribution is 8.04. The molecule has 18 heavy (non-hydrogen) atoms. The van der Waals surface area contributed by atoms with Gasteiger partial charge in [-0.3, -0.25) is 9.69 Å². The van der Waals surface area contributed by atoms with Crippen LogP contribution < -0.4 is 0 Å². The number of hydrogen-bond donors (Lipinski definition) is 0. The lowest BCUT2D eigenvalue weighted by Crippen LogP contribution is -2.38. The highest BCUT2D eigenvalue weighted by Crippen LogP contribution is 2.37. The van der Waals surface area contributed by atoms with E-state index in [0.29, 0.717) is 12.4 Å². The molecule has 102 valence electrons. The van der Waals surface area contributed by atoms with Gasteiger partial charge in [-0.2, -0.15) is 0 Å². The monoisotopic (exact) mass is 271 g/mol. The smallest absolute Gasteiger partial charge is 0.211 e. The van der Waals surface area contributed by atoms with E-state index < -0.39 is 0 Å². The topological polar surface area (TPSA) is 38.8 Å². The summed E-state index contributed by atoms with van der Waals surface area (Å²) in [7, 11) is 0. The van der Waals surface area contributed by atoms with E-state index in [1.165, 1.54) is 0 Å². The molecule has 1 fully saturated rings. The number of ketones is 1. The Morgan fingerprint density at radius 2 is 2.17 bits per heavy atom. The number of rotatable bonds is 5. The molecule has 1 saturated heterocycles. The van der Waals surface area contributed by atoms with E-state index >= 15 is 0 Å². The lowest BCUT2D eigenvalue weighted by Gasteiger charge is -2.26. The first kappa shape index (κ1) is 13.9. The van der Waals surface area contributed by atoms with E-state index in [1.54, 1.807) is 11.8 Å². The van der Waals surface area contributed by atoms with E-state index in [0.717, 1.165) is 44.2 Å². The Kier molecular flexibility index (Phi) is 5.09. The molecule has 0 aromatic rings. The Labute approximate surface area is 113 Å². The average molecular weight is 271 g/mol. The quantitative estimate of drug-likeness (QED) is 0.760. The summed E-state index contributed by atoms with van der Waals surface area (Å²) in [6.45, 7) is 9.00. The SMILES string of the molecule is CCC1=C(OCCN2CCOCC2)C(=O)C(C)S1. The molecule has 0 N–H and O–H groups in total. The fraction of sp³-hybridized carbons (Fsp3) is 0.769. The van der Waals surface area contributed by atoms with E-state index in [4.69, 9.17) is 9.47 Å². The molecule has 0 spiro atoms. The summed E-state index contributed by atoms with van der Waals surface area (Å²) in [5.41, 5.74) is 0. The number of allylic oxidation sites excluding steroid dienone is 2. The van der Waals surface area contributed by atoms with Gasteiger partial charge in [0.05, 0.1) is 18.5 Å². The maximum absolute atomic E-state index is 11.9. The van der Waals surface area contributed by atoms with Crippen LogP contribution in [0.5, 0.6) is 0 Å². The lowest BCUT2D eigenvalue weighted by molar-refractivity contribution is -0.118. The van der Waals surface area contributed by atoms with Crippen molar-refractivity contribution in [1.82, 2.24) is 4.90 Å². The van der Waals surface area contributed by atoms with Gasteiger partial charge in [-0.05, 0) is 13.3 Å². The van der Waals surface area contributed by atoms with Gasteiger partial charge in [0.15, 0.2) is 5.76 Å². The molecule has 4 nitrogen and oxygen atoms in total. The first-order valence-electron chi connectivity index (χ1n) is 6.59. The summed E-state index contributed by atoms with van der Waals surface area (Å²) < 4.78 is 11.0. The Morgan fingerprint density at radius 3 is 2.83 bits per heavy atom. The van der Waals surface area contributed by atoms with Crippen LogP contribution in [0.3, 0.4) is 0 Å². The van der Waals surface area contributed by atoms with Crippen molar-refractivity contribution in [3.05, 3.63) is 10.7 Å². The van der Waals surface area contributed by atoms with Crippen molar-refractivity contribution >= 4 is 17.5 Å². The molecule has 1 atom stereocenters. The molecule has 1 unspecified atom stereocenters. The second-order valence-electron chi connectivity index (χ2n) is 4.53. The number of nitrogens with zero attached hydrogens (tertiary/aromatic N) is 1. The normalized spacial score (nSPS) is 25.9. The van der Waals surface area contributed by atoms with Crippen LogP contribution in [0.2, 0.25) is 0 Å². The van der Waals surface area contributed by atoms with Gasteiger partial charge in [0.1, 0.15) is 6.61 Å². The molecule has 0 aromatic carbocycles. The number of carbonyl (C=O) groups excluding carboxylic acids is 1. The number of Topliss-reactive ketones (excluding diaryl/α,β-unsaturated/α-hetero) is 1. The van der Waals surface area contributed by atoms with Crippen LogP contribution in [0.25, 0.3) is 0 Å². The molecule has 0 radical (unpaired) electrons. The first-order valence-corrected chi connectivity index (χ1v) is 7.47. The largest absolute Gasteiger partial charge is 0.488 e. The summed E-state index contributed by atoms with van der Waals surface area (Å²) in [4.78, 5) is 15.3. The Morgan fingerprint density at radius 1 is 1.44 bits per heavy atom. The minimum Gasteiger partial charge on any atom is -0.488 e. The summed E-state index contributed by atoms with van der Waals surface area (Å²) in [6.07, 6.45) is 0.883. The van der Waals surface area contributed by atoms with Crippen molar-refractivity contribution in [2.45, 2.75) is 25.5 Å².